The molecule has 0 aliphatic rings. The first-order valence-corrected chi connectivity index (χ1v) is 9.16. The van der Waals surface area contributed by atoms with E-state index in [1.54, 1.807) is 25.1 Å². The van der Waals surface area contributed by atoms with Crippen LogP contribution in [0.4, 0.5) is 11.4 Å². The normalized spacial score (nSPS) is 11.8. The number of fused-ring (bicyclic) bond motifs is 1. The van der Waals surface area contributed by atoms with E-state index >= 15 is 0 Å². The number of hydrogen-bond donors (Lipinski definition) is 2. The van der Waals surface area contributed by atoms with Gasteiger partial charge in [0.25, 0.3) is 5.69 Å². The first-order chi connectivity index (χ1) is 13.9. The van der Waals surface area contributed by atoms with Crippen molar-refractivity contribution in [2.45, 2.75) is 26.4 Å². The fraction of sp³-hybridized carbons (Fsp3) is 0.238. The summed E-state index contributed by atoms with van der Waals surface area (Å²) in [4.78, 5) is 38.6. The highest BCUT2D eigenvalue weighted by atomic mass is 16.6. The van der Waals surface area contributed by atoms with Gasteiger partial charge in [0.1, 0.15) is 5.69 Å². The number of rotatable bonds is 8. The number of aryl methyl sites for hydroxylation is 1. The molecule has 8 nitrogen and oxygen atoms in total. The maximum atomic E-state index is 12.8. The third kappa shape index (κ3) is 4.43. The van der Waals surface area contributed by atoms with Crippen LogP contribution in [-0.2, 0) is 9.53 Å². The van der Waals surface area contributed by atoms with Crippen molar-refractivity contribution in [3.8, 4) is 0 Å². The van der Waals surface area contributed by atoms with E-state index in [4.69, 9.17) is 4.74 Å². The largest absolute Gasteiger partial charge is 0.454 e. The average molecular weight is 395 g/mol. The minimum atomic E-state index is -0.938. The molecule has 0 bridgehead atoms. The second kappa shape index (κ2) is 8.55. The molecule has 0 spiro atoms. The molecule has 3 rings (SSSR count). The number of Topliss-reactive ketones (excluding diaryl/α,β-unsaturated/α-hetero) is 1. The Kier molecular flexibility index (Phi) is 5.92. The summed E-state index contributed by atoms with van der Waals surface area (Å²) in [5.41, 5.74) is 2.33. The maximum absolute atomic E-state index is 12.8. The lowest BCUT2D eigenvalue weighted by atomic mass is 10.0. The molecule has 0 aliphatic heterocycles. The number of ketones is 1. The molecule has 150 valence electrons. The number of nitro benzene ring substituents is 1. The van der Waals surface area contributed by atoms with Crippen LogP contribution in [0.15, 0.2) is 48.5 Å². The number of benzene rings is 2. The van der Waals surface area contributed by atoms with Crippen molar-refractivity contribution < 1.29 is 19.2 Å². The van der Waals surface area contributed by atoms with Gasteiger partial charge in [0.05, 0.1) is 11.3 Å². The Bertz CT molecular complexity index is 1070. The van der Waals surface area contributed by atoms with Gasteiger partial charge in [-0.1, -0.05) is 30.3 Å². The van der Waals surface area contributed by atoms with E-state index in [1.165, 1.54) is 13.0 Å². The second-order valence-corrected chi connectivity index (χ2v) is 6.62. The number of esters is 1. The number of nitro groups is 1. The van der Waals surface area contributed by atoms with Crippen LogP contribution in [0.2, 0.25) is 0 Å². The van der Waals surface area contributed by atoms with Crippen LogP contribution in [-0.4, -0.2) is 34.3 Å². The highest BCUT2D eigenvalue weighted by molar-refractivity contribution is 6.11. The highest BCUT2D eigenvalue weighted by Crippen LogP contribution is 2.24. The molecule has 1 heterocycles. The number of aromatic nitrogens is 1. The van der Waals surface area contributed by atoms with E-state index in [0.29, 0.717) is 11.3 Å². The van der Waals surface area contributed by atoms with E-state index in [2.05, 4.69) is 10.3 Å². The summed E-state index contributed by atoms with van der Waals surface area (Å²) >= 11 is 0. The summed E-state index contributed by atoms with van der Waals surface area (Å²) in [7, 11) is 0. The highest BCUT2D eigenvalue weighted by Gasteiger charge is 2.24. The molecular formula is C21H21N3O5. The number of nitrogens with zero attached hydrogens (tertiary/aromatic N) is 1. The fourth-order valence-corrected chi connectivity index (χ4v) is 3.19. The number of aromatic amines is 1. The van der Waals surface area contributed by atoms with Crippen molar-refractivity contribution in [2.75, 3.05) is 11.9 Å². The number of H-pyrrole nitrogens is 1. The van der Waals surface area contributed by atoms with Crippen molar-refractivity contribution >= 4 is 34.0 Å². The first-order valence-electron chi connectivity index (χ1n) is 9.16. The molecule has 8 heteroatoms. The lowest BCUT2D eigenvalue weighted by Gasteiger charge is -2.13. The summed E-state index contributed by atoms with van der Waals surface area (Å²) in [5, 5.41) is 14.7. The number of nitrogens with one attached hydrogen (secondary N) is 2. The molecule has 0 unspecified atom stereocenters. The summed E-state index contributed by atoms with van der Waals surface area (Å²) < 4.78 is 5.28. The zero-order valence-corrected chi connectivity index (χ0v) is 16.1. The van der Waals surface area contributed by atoms with Crippen molar-refractivity contribution in [3.63, 3.8) is 0 Å². The Morgan fingerprint density at radius 3 is 2.62 bits per heavy atom. The van der Waals surface area contributed by atoms with Crippen LogP contribution < -0.4 is 5.32 Å². The molecule has 2 N–H and O–H groups in total. The smallest absolute Gasteiger partial charge is 0.308 e. The minimum Gasteiger partial charge on any atom is -0.454 e. The van der Waals surface area contributed by atoms with Crippen LogP contribution in [0, 0.1) is 17.0 Å². The third-order valence-electron chi connectivity index (χ3n) is 4.56. The Labute approximate surface area is 167 Å². The van der Waals surface area contributed by atoms with E-state index in [0.717, 1.165) is 16.6 Å². The molecule has 0 aliphatic carbocycles. The number of anilines is 1. The Balaban J connectivity index is 1.59. The summed E-state index contributed by atoms with van der Waals surface area (Å²) in [6.45, 7) is 3.49. The van der Waals surface area contributed by atoms with Gasteiger partial charge < -0.3 is 15.0 Å². The molecule has 2 aromatic carbocycles. The quantitative estimate of drug-likeness (QED) is 0.258. The molecule has 0 fully saturated rings. The molecule has 0 saturated heterocycles. The van der Waals surface area contributed by atoms with E-state index < -0.39 is 17.0 Å². The number of para-hydroxylation sites is 3. The number of ether oxygens (including phenoxy) is 1. The van der Waals surface area contributed by atoms with Gasteiger partial charge >= 0.3 is 5.97 Å². The number of hydrogen-bond acceptors (Lipinski definition) is 6. The lowest BCUT2D eigenvalue weighted by Crippen LogP contribution is -2.25. The van der Waals surface area contributed by atoms with Gasteiger partial charge in [0.15, 0.2) is 6.10 Å². The predicted octanol–water partition coefficient (Wildman–Crippen LogP) is 4.00. The van der Waals surface area contributed by atoms with Gasteiger partial charge in [-0.2, -0.15) is 0 Å². The minimum absolute atomic E-state index is 0.0312. The van der Waals surface area contributed by atoms with Crippen molar-refractivity contribution in [3.05, 3.63) is 69.9 Å². The topological polar surface area (TPSA) is 114 Å². The van der Waals surface area contributed by atoms with Gasteiger partial charge in [-0.25, -0.2) is 0 Å². The summed E-state index contributed by atoms with van der Waals surface area (Å²) in [6.07, 6.45) is -0.970. The van der Waals surface area contributed by atoms with Crippen LogP contribution in [0.25, 0.3) is 10.9 Å². The van der Waals surface area contributed by atoms with Crippen LogP contribution in [0.3, 0.4) is 0 Å². The summed E-state index contributed by atoms with van der Waals surface area (Å²) in [6, 6.07) is 13.6. The molecule has 0 radical (unpaired) electrons. The molecule has 0 saturated carbocycles. The number of carbonyl (C=O) groups is 2. The molecule has 1 aromatic heterocycles. The van der Waals surface area contributed by atoms with Gasteiger partial charge in [-0.05, 0) is 26.0 Å². The molecule has 0 amide bonds. The second-order valence-electron chi connectivity index (χ2n) is 6.62. The van der Waals surface area contributed by atoms with Crippen molar-refractivity contribution in [2.24, 2.45) is 0 Å². The fourth-order valence-electron chi connectivity index (χ4n) is 3.19. The Hall–Kier alpha value is -3.68. The van der Waals surface area contributed by atoms with Gasteiger partial charge in [0, 0.05) is 34.8 Å². The van der Waals surface area contributed by atoms with Gasteiger partial charge in [0.2, 0.25) is 5.78 Å². The van der Waals surface area contributed by atoms with E-state index in [9.17, 15) is 19.7 Å². The van der Waals surface area contributed by atoms with Crippen LogP contribution >= 0.6 is 0 Å². The monoisotopic (exact) mass is 395 g/mol. The number of carbonyl (C=O) groups excluding carboxylic acids is 2. The van der Waals surface area contributed by atoms with Crippen LogP contribution in [0.5, 0.6) is 0 Å². The van der Waals surface area contributed by atoms with Gasteiger partial charge in [-0.3, -0.25) is 19.7 Å². The SMILES string of the molecule is Cc1[nH]c2ccccc2c1C(=O)[C@H](C)OC(=O)CCNc1ccccc1[N+](=O)[O-]. The van der Waals surface area contributed by atoms with E-state index in [1.807, 2.05) is 24.3 Å². The van der Waals surface area contributed by atoms with Crippen molar-refractivity contribution in [1.29, 1.82) is 0 Å². The zero-order valence-electron chi connectivity index (χ0n) is 16.1. The average Bonchev–Trinajstić information content (AvgIpc) is 3.03. The molecule has 29 heavy (non-hydrogen) atoms. The van der Waals surface area contributed by atoms with Crippen LogP contribution in [0.1, 0.15) is 29.4 Å². The standard InChI is InChI=1S/C21H21N3O5/c1-13-20(15-7-3-4-8-16(15)23-13)21(26)14(2)29-19(25)11-12-22-17-9-5-6-10-18(17)24(27)28/h3-10,14,22-23H,11-12H2,1-2H3/t14-/m0/s1. The zero-order chi connectivity index (χ0) is 21.0. The Morgan fingerprint density at radius 2 is 1.86 bits per heavy atom. The lowest BCUT2D eigenvalue weighted by molar-refractivity contribution is -0.384. The maximum Gasteiger partial charge on any atom is 0.308 e. The predicted molar refractivity (Wildman–Crippen MR) is 109 cm³/mol. The van der Waals surface area contributed by atoms with Crippen molar-refractivity contribution in [1.82, 2.24) is 4.98 Å². The molecule has 1 atom stereocenters. The molecular weight excluding hydrogens is 374 g/mol. The molecule has 3 aromatic rings. The summed E-state index contributed by atoms with van der Waals surface area (Å²) in [5.74, 6) is -0.839. The van der Waals surface area contributed by atoms with E-state index in [-0.39, 0.29) is 24.4 Å². The Morgan fingerprint density at radius 1 is 1.17 bits per heavy atom. The van der Waals surface area contributed by atoms with Gasteiger partial charge in [-0.15, -0.1) is 0 Å². The third-order valence-corrected chi connectivity index (χ3v) is 4.56. The first kappa shape index (κ1) is 20.1.